The first kappa shape index (κ1) is 14.8. The van der Waals surface area contributed by atoms with Crippen LogP contribution in [0.25, 0.3) is 0 Å². The van der Waals surface area contributed by atoms with E-state index in [1.54, 1.807) is 18.2 Å². The third kappa shape index (κ3) is 3.12. The van der Waals surface area contributed by atoms with Crippen molar-refractivity contribution in [2.24, 2.45) is 7.05 Å². The predicted molar refractivity (Wildman–Crippen MR) is 78.2 cm³/mol. The summed E-state index contributed by atoms with van der Waals surface area (Å²) in [4.78, 5) is 0. The molecule has 2 aromatic rings. The molecule has 108 valence electrons. The van der Waals surface area contributed by atoms with E-state index in [-0.39, 0.29) is 10.0 Å². The van der Waals surface area contributed by atoms with Gasteiger partial charge >= 0.3 is 0 Å². The molecule has 2 rings (SSSR count). The largest absolute Gasteiger partial charge is 0.316 e. The van der Waals surface area contributed by atoms with E-state index in [0.717, 1.165) is 5.56 Å². The van der Waals surface area contributed by atoms with E-state index in [9.17, 15) is 8.42 Å². The van der Waals surface area contributed by atoms with Crippen molar-refractivity contribution in [1.82, 2.24) is 15.1 Å². The van der Waals surface area contributed by atoms with E-state index < -0.39 is 10.0 Å². The molecule has 0 atom stereocenters. The first-order valence-corrected chi connectivity index (χ1v) is 7.74. The molecule has 0 aliphatic heterocycles. The first-order chi connectivity index (χ1) is 9.44. The number of nitrogens with one attached hydrogen (secondary N) is 2. The van der Waals surface area contributed by atoms with E-state index in [0.29, 0.717) is 12.2 Å². The molecule has 0 saturated carbocycles. The Hall–Kier alpha value is -1.57. The van der Waals surface area contributed by atoms with E-state index in [2.05, 4.69) is 15.1 Å². The number of rotatable bonds is 5. The predicted octanol–water partition coefficient (Wildman–Crippen LogP) is 1.59. The van der Waals surface area contributed by atoms with Gasteiger partial charge in [-0.25, -0.2) is 0 Å². The highest BCUT2D eigenvalue weighted by Crippen LogP contribution is 2.23. The van der Waals surface area contributed by atoms with Gasteiger partial charge in [0.15, 0.2) is 5.03 Å². The van der Waals surface area contributed by atoms with E-state index >= 15 is 0 Å². The third-order valence-corrected chi connectivity index (χ3v) is 4.54. The monoisotopic (exact) mass is 314 g/mol. The zero-order valence-electron chi connectivity index (χ0n) is 11.1. The number of aryl methyl sites for hydroxylation is 1. The van der Waals surface area contributed by atoms with Crippen molar-refractivity contribution in [3.05, 3.63) is 41.0 Å². The summed E-state index contributed by atoms with van der Waals surface area (Å²) in [6, 6.07) is 7.14. The first-order valence-electron chi connectivity index (χ1n) is 5.88. The topological polar surface area (TPSA) is 76.0 Å². The summed E-state index contributed by atoms with van der Waals surface area (Å²) in [5, 5.41) is 6.87. The molecule has 0 aliphatic carbocycles. The summed E-state index contributed by atoms with van der Waals surface area (Å²) in [7, 11) is -0.414. The van der Waals surface area contributed by atoms with Crippen molar-refractivity contribution in [3.63, 3.8) is 0 Å². The minimum atomic E-state index is -3.76. The molecule has 20 heavy (non-hydrogen) atoms. The lowest BCUT2D eigenvalue weighted by Gasteiger charge is -2.10. The molecular weight excluding hydrogens is 300 g/mol. The number of benzene rings is 1. The van der Waals surface area contributed by atoms with Crippen molar-refractivity contribution < 1.29 is 8.42 Å². The van der Waals surface area contributed by atoms with Crippen LogP contribution in [-0.4, -0.2) is 25.2 Å². The van der Waals surface area contributed by atoms with Crippen molar-refractivity contribution >= 4 is 27.3 Å². The Morgan fingerprint density at radius 3 is 2.75 bits per heavy atom. The summed E-state index contributed by atoms with van der Waals surface area (Å²) < 4.78 is 28.3. The third-order valence-electron chi connectivity index (χ3n) is 2.66. The molecule has 0 saturated heterocycles. The van der Waals surface area contributed by atoms with Gasteiger partial charge in [-0.1, -0.05) is 23.7 Å². The average molecular weight is 315 g/mol. The van der Waals surface area contributed by atoms with Crippen LogP contribution in [0, 0.1) is 0 Å². The van der Waals surface area contributed by atoms with E-state index in [1.165, 1.54) is 17.9 Å². The number of hydrogen-bond acceptors (Lipinski definition) is 4. The number of anilines is 1. The van der Waals surface area contributed by atoms with Crippen LogP contribution < -0.4 is 10.0 Å². The summed E-state index contributed by atoms with van der Waals surface area (Å²) in [6.07, 6.45) is 1.30. The number of aromatic nitrogens is 2. The SMILES string of the molecule is CNCc1cccc(NS(=O)(=O)c2c(Cl)cnn2C)c1. The Morgan fingerprint density at radius 1 is 1.40 bits per heavy atom. The smallest absolute Gasteiger partial charge is 0.280 e. The lowest BCUT2D eigenvalue weighted by atomic mass is 10.2. The van der Waals surface area contributed by atoms with Crippen molar-refractivity contribution in [3.8, 4) is 0 Å². The van der Waals surface area contributed by atoms with Crippen molar-refractivity contribution in [1.29, 1.82) is 0 Å². The number of halogens is 1. The van der Waals surface area contributed by atoms with Crippen molar-refractivity contribution in [2.75, 3.05) is 11.8 Å². The molecule has 1 heterocycles. The van der Waals surface area contributed by atoms with Crippen LogP contribution in [0.15, 0.2) is 35.5 Å². The Labute approximate surface area is 122 Å². The van der Waals surface area contributed by atoms with Crippen LogP contribution in [0.3, 0.4) is 0 Å². The highest BCUT2D eigenvalue weighted by atomic mass is 35.5. The van der Waals surface area contributed by atoms with Crippen LogP contribution in [0.5, 0.6) is 0 Å². The highest BCUT2D eigenvalue weighted by molar-refractivity contribution is 7.92. The lowest BCUT2D eigenvalue weighted by molar-refractivity contribution is 0.582. The molecule has 8 heteroatoms. The average Bonchev–Trinajstić information content (AvgIpc) is 2.70. The highest BCUT2D eigenvalue weighted by Gasteiger charge is 2.22. The summed E-state index contributed by atoms with van der Waals surface area (Å²) in [6.45, 7) is 0.655. The van der Waals surface area contributed by atoms with Gasteiger partial charge in [-0.3, -0.25) is 9.40 Å². The Kier molecular flexibility index (Phi) is 4.32. The molecule has 1 aromatic heterocycles. The minimum absolute atomic E-state index is 0.0572. The quantitative estimate of drug-likeness (QED) is 0.879. The molecular formula is C12H15ClN4O2S. The van der Waals surface area contributed by atoms with Crippen LogP contribution in [0.2, 0.25) is 5.02 Å². The molecule has 2 N–H and O–H groups in total. The molecule has 0 bridgehead atoms. The molecule has 0 unspecified atom stereocenters. The van der Waals surface area contributed by atoms with Gasteiger partial charge in [0.2, 0.25) is 0 Å². The fourth-order valence-electron chi connectivity index (χ4n) is 1.85. The van der Waals surface area contributed by atoms with Crippen LogP contribution in [0.1, 0.15) is 5.56 Å². The molecule has 6 nitrogen and oxygen atoms in total. The van der Waals surface area contributed by atoms with Gasteiger partial charge in [0, 0.05) is 19.3 Å². The zero-order chi connectivity index (χ0) is 14.8. The second kappa shape index (κ2) is 5.82. The minimum Gasteiger partial charge on any atom is -0.316 e. The van der Waals surface area contributed by atoms with Gasteiger partial charge in [-0.05, 0) is 24.7 Å². The molecule has 0 radical (unpaired) electrons. The summed E-state index contributed by atoms with van der Waals surface area (Å²) >= 11 is 5.86. The maximum absolute atomic E-state index is 12.3. The van der Waals surface area contributed by atoms with Gasteiger partial charge in [0.05, 0.1) is 11.2 Å². The lowest BCUT2D eigenvalue weighted by Crippen LogP contribution is -2.17. The summed E-state index contributed by atoms with van der Waals surface area (Å²) in [5.74, 6) is 0. The number of nitrogens with zero attached hydrogens (tertiary/aromatic N) is 2. The summed E-state index contributed by atoms with van der Waals surface area (Å²) in [5.41, 5.74) is 1.46. The Balaban J connectivity index is 2.31. The molecule has 0 amide bonds. The Morgan fingerprint density at radius 2 is 2.15 bits per heavy atom. The zero-order valence-corrected chi connectivity index (χ0v) is 12.7. The normalized spacial score (nSPS) is 11.6. The Bertz CT molecular complexity index is 692. The molecule has 0 aliphatic rings. The number of sulfonamides is 1. The van der Waals surface area contributed by atoms with Crippen molar-refractivity contribution in [2.45, 2.75) is 11.6 Å². The van der Waals surface area contributed by atoms with Crippen LogP contribution in [-0.2, 0) is 23.6 Å². The molecule has 1 aromatic carbocycles. The van der Waals surface area contributed by atoms with E-state index in [1.807, 2.05) is 13.1 Å². The second-order valence-electron chi connectivity index (χ2n) is 4.26. The molecule has 0 spiro atoms. The fourth-order valence-corrected chi connectivity index (χ4v) is 3.56. The number of hydrogen-bond donors (Lipinski definition) is 2. The second-order valence-corrected chi connectivity index (χ2v) is 6.26. The van der Waals surface area contributed by atoms with Gasteiger partial charge in [0.1, 0.15) is 0 Å². The van der Waals surface area contributed by atoms with Gasteiger partial charge in [0.25, 0.3) is 10.0 Å². The van der Waals surface area contributed by atoms with E-state index in [4.69, 9.17) is 11.6 Å². The van der Waals surface area contributed by atoms with Crippen LogP contribution in [0.4, 0.5) is 5.69 Å². The van der Waals surface area contributed by atoms with Gasteiger partial charge < -0.3 is 5.32 Å². The van der Waals surface area contributed by atoms with Crippen LogP contribution >= 0.6 is 11.6 Å². The van der Waals surface area contributed by atoms with Gasteiger partial charge in [-0.2, -0.15) is 13.5 Å². The maximum Gasteiger partial charge on any atom is 0.280 e. The standard InChI is InChI=1S/C12H15ClN4O2S/c1-14-7-9-4-3-5-10(6-9)16-20(18,19)12-11(13)8-15-17(12)2/h3-6,8,14,16H,7H2,1-2H3. The molecule has 0 fully saturated rings. The maximum atomic E-state index is 12.3. The van der Waals surface area contributed by atoms with Gasteiger partial charge in [-0.15, -0.1) is 0 Å². The fraction of sp³-hybridized carbons (Fsp3) is 0.250.